The lowest BCUT2D eigenvalue weighted by Crippen LogP contribution is -2.56. The third kappa shape index (κ3) is 1.72. The van der Waals surface area contributed by atoms with Crippen LogP contribution in [-0.2, 0) is 0 Å². The molecule has 1 aliphatic rings. The second-order valence-corrected chi connectivity index (χ2v) is 3.08. The maximum absolute atomic E-state index is 10.7. The average Bonchev–Trinajstić information content (AvgIpc) is 2.09. The molecule has 74 valence electrons. The van der Waals surface area contributed by atoms with Gasteiger partial charge in [-0.05, 0) is 6.92 Å². The van der Waals surface area contributed by atoms with Crippen LogP contribution >= 0.6 is 0 Å². The molecule has 0 aromatic carbocycles. The summed E-state index contributed by atoms with van der Waals surface area (Å²) < 4.78 is 0. The number of rotatable bonds is 0. The van der Waals surface area contributed by atoms with Gasteiger partial charge in [0.15, 0.2) is 0 Å². The van der Waals surface area contributed by atoms with Gasteiger partial charge in [-0.1, -0.05) is 5.16 Å². The molecule has 1 amide bonds. The Morgan fingerprint density at radius 3 is 2.85 bits per heavy atom. The lowest BCUT2D eigenvalue weighted by Gasteiger charge is -2.35. The van der Waals surface area contributed by atoms with E-state index >= 15 is 0 Å². The van der Waals surface area contributed by atoms with E-state index in [1.165, 1.54) is 4.90 Å². The summed E-state index contributed by atoms with van der Waals surface area (Å²) in [6.45, 7) is 2.03. The summed E-state index contributed by atoms with van der Waals surface area (Å²) in [5, 5.41) is 20.3. The molecule has 0 spiro atoms. The fourth-order valence-corrected chi connectivity index (χ4v) is 1.46. The SMILES string of the molecule is CC1C(N)C(=NO)CCN1C(=O)O. The summed E-state index contributed by atoms with van der Waals surface area (Å²) in [5.41, 5.74) is 6.13. The first-order valence-corrected chi connectivity index (χ1v) is 4.04. The predicted octanol–water partition coefficient (Wildman–Crippen LogP) is -0.0839. The van der Waals surface area contributed by atoms with Gasteiger partial charge in [0.1, 0.15) is 0 Å². The second kappa shape index (κ2) is 3.61. The van der Waals surface area contributed by atoms with E-state index in [-0.39, 0.29) is 6.04 Å². The zero-order valence-corrected chi connectivity index (χ0v) is 7.34. The quantitative estimate of drug-likeness (QED) is 0.364. The van der Waals surface area contributed by atoms with Crippen LogP contribution in [0.4, 0.5) is 4.79 Å². The predicted molar refractivity (Wildman–Crippen MR) is 46.0 cm³/mol. The van der Waals surface area contributed by atoms with E-state index < -0.39 is 12.1 Å². The van der Waals surface area contributed by atoms with Crippen LogP contribution in [0.25, 0.3) is 0 Å². The van der Waals surface area contributed by atoms with Crippen molar-refractivity contribution in [2.45, 2.75) is 25.4 Å². The Balaban J connectivity index is 2.76. The maximum atomic E-state index is 10.7. The number of carboxylic acid groups (broad SMARTS) is 1. The van der Waals surface area contributed by atoms with Gasteiger partial charge in [0, 0.05) is 13.0 Å². The van der Waals surface area contributed by atoms with Gasteiger partial charge in [0.25, 0.3) is 0 Å². The van der Waals surface area contributed by atoms with Gasteiger partial charge < -0.3 is 20.9 Å². The molecule has 0 saturated carbocycles. The molecular weight excluding hydrogens is 174 g/mol. The first-order chi connectivity index (χ1) is 6.07. The number of nitrogens with zero attached hydrogens (tertiary/aromatic N) is 2. The number of hydrogen-bond donors (Lipinski definition) is 3. The van der Waals surface area contributed by atoms with Crippen LogP contribution in [0, 0.1) is 0 Å². The number of piperidine rings is 1. The molecule has 0 bridgehead atoms. The third-order valence-corrected chi connectivity index (χ3v) is 2.38. The topological polar surface area (TPSA) is 99.2 Å². The van der Waals surface area contributed by atoms with Gasteiger partial charge in [-0.25, -0.2) is 4.79 Å². The van der Waals surface area contributed by atoms with E-state index in [4.69, 9.17) is 16.0 Å². The first kappa shape index (κ1) is 9.79. The van der Waals surface area contributed by atoms with Gasteiger partial charge in [0.2, 0.25) is 0 Å². The fraction of sp³-hybridized carbons (Fsp3) is 0.714. The van der Waals surface area contributed by atoms with Crippen molar-refractivity contribution in [3.05, 3.63) is 0 Å². The van der Waals surface area contributed by atoms with E-state index in [0.29, 0.717) is 18.7 Å². The van der Waals surface area contributed by atoms with Crippen LogP contribution in [-0.4, -0.2) is 45.6 Å². The van der Waals surface area contributed by atoms with Crippen molar-refractivity contribution in [3.8, 4) is 0 Å². The lowest BCUT2D eigenvalue weighted by atomic mass is 9.97. The molecule has 1 heterocycles. The largest absolute Gasteiger partial charge is 0.465 e. The highest BCUT2D eigenvalue weighted by molar-refractivity contribution is 5.91. The molecule has 0 aromatic heterocycles. The Labute approximate surface area is 75.6 Å². The van der Waals surface area contributed by atoms with Crippen molar-refractivity contribution in [1.82, 2.24) is 4.90 Å². The van der Waals surface area contributed by atoms with Crippen LogP contribution in [0.2, 0.25) is 0 Å². The zero-order valence-electron chi connectivity index (χ0n) is 7.34. The van der Waals surface area contributed by atoms with Crippen LogP contribution in [0.3, 0.4) is 0 Å². The van der Waals surface area contributed by atoms with E-state index in [1.54, 1.807) is 6.92 Å². The Bertz CT molecular complexity index is 241. The standard InChI is InChI=1S/C7H13N3O3/c1-4-6(8)5(9-13)2-3-10(4)7(11)12/h4,6,13H,2-3,8H2,1H3,(H,11,12). The summed E-state index contributed by atoms with van der Waals surface area (Å²) in [6.07, 6.45) is -0.589. The average molecular weight is 187 g/mol. The van der Waals surface area contributed by atoms with Gasteiger partial charge in [-0.2, -0.15) is 0 Å². The maximum Gasteiger partial charge on any atom is 0.407 e. The molecule has 6 heteroatoms. The van der Waals surface area contributed by atoms with Crippen molar-refractivity contribution in [2.75, 3.05) is 6.54 Å². The molecule has 13 heavy (non-hydrogen) atoms. The lowest BCUT2D eigenvalue weighted by molar-refractivity contribution is 0.121. The molecule has 1 fully saturated rings. The second-order valence-electron chi connectivity index (χ2n) is 3.08. The molecule has 2 atom stereocenters. The number of carbonyl (C=O) groups is 1. The molecule has 0 aliphatic carbocycles. The van der Waals surface area contributed by atoms with E-state index in [0.717, 1.165) is 0 Å². The third-order valence-electron chi connectivity index (χ3n) is 2.38. The van der Waals surface area contributed by atoms with Crippen molar-refractivity contribution in [3.63, 3.8) is 0 Å². The number of hydrogen-bond acceptors (Lipinski definition) is 4. The minimum atomic E-state index is -0.986. The van der Waals surface area contributed by atoms with Crippen molar-refractivity contribution in [2.24, 2.45) is 10.9 Å². The smallest absolute Gasteiger partial charge is 0.407 e. The molecule has 1 saturated heterocycles. The van der Waals surface area contributed by atoms with Gasteiger partial charge in [0.05, 0.1) is 17.8 Å². The number of nitrogens with two attached hydrogens (primary N) is 1. The molecule has 2 unspecified atom stereocenters. The Hall–Kier alpha value is -1.30. The molecule has 0 aromatic rings. The van der Waals surface area contributed by atoms with E-state index in [9.17, 15) is 4.79 Å². The molecular formula is C7H13N3O3. The highest BCUT2D eigenvalue weighted by Gasteiger charge is 2.32. The molecule has 1 aliphatic heterocycles. The minimum absolute atomic E-state index is 0.336. The fourth-order valence-electron chi connectivity index (χ4n) is 1.46. The summed E-state index contributed by atoms with van der Waals surface area (Å²) >= 11 is 0. The monoisotopic (exact) mass is 187 g/mol. The summed E-state index contributed by atoms with van der Waals surface area (Å²) in [6, 6.07) is -0.841. The van der Waals surface area contributed by atoms with Crippen molar-refractivity contribution in [1.29, 1.82) is 0 Å². The highest BCUT2D eigenvalue weighted by atomic mass is 16.4. The molecule has 0 radical (unpaired) electrons. The first-order valence-electron chi connectivity index (χ1n) is 4.04. The van der Waals surface area contributed by atoms with Gasteiger partial charge in [-0.15, -0.1) is 0 Å². The Morgan fingerprint density at radius 1 is 1.77 bits per heavy atom. The molecule has 1 rings (SSSR count). The Kier molecular flexibility index (Phi) is 2.72. The highest BCUT2D eigenvalue weighted by Crippen LogP contribution is 2.13. The van der Waals surface area contributed by atoms with Crippen LogP contribution in [0.5, 0.6) is 0 Å². The normalized spacial score (nSPS) is 32.2. The molecule has 6 nitrogen and oxygen atoms in total. The van der Waals surface area contributed by atoms with E-state index in [2.05, 4.69) is 5.16 Å². The van der Waals surface area contributed by atoms with Crippen molar-refractivity contribution >= 4 is 11.8 Å². The zero-order chi connectivity index (χ0) is 10.0. The van der Waals surface area contributed by atoms with Crippen LogP contribution < -0.4 is 5.73 Å². The van der Waals surface area contributed by atoms with Crippen molar-refractivity contribution < 1.29 is 15.1 Å². The number of likely N-dealkylation sites (tertiary alicyclic amines) is 1. The van der Waals surface area contributed by atoms with E-state index in [1.807, 2.05) is 0 Å². The van der Waals surface area contributed by atoms with Crippen LogP contribution in [0.1, 0.15) is 13.3 Å². The van der Waals surface area contributed by atoms with Gasteiger partial charge in [-0.3, -0.25) is 0 Å². The Morgan fingerprint density at radius 2 is 2.38 bits per heavy atom. The minimum Gasteiger partial charge on any atom is -0.465 e. The molecule has 4 N–H and O–H groups in total. The summed E-state index contributed by atoms with van der Waals surface area (Å²) in [7, 11) is 0. The summed E-state index contributed by atoms with van der Waals surface area (Å²) in [4.78, 5) is 11.9. The number of oxime groups is 1. The summed E-state index contributed by atoms with van der Waals surface area (Å²) in [5.74, 6) is 0. The number of amides is 1. The van der Waals surface area contributed by atoms with Gasteiger partial charge >= 0.3 is 6.09 Å². The van der Waals surface area contributed by atoms with Crippen LogP contribution in [0.15, 0.2) is 5.16 Å².